The van der Waals surface area contributed by atoms with Crippen LogP contribution in [0.15, 0.2) is 53.3 Å². The van der Waals surface area contributed by atoms with Gasteiger partial charge in [-0.3, -0.25) is 9.69 Å². The minimum Gasteiger partial charge on any atom is -0.321 e. The Morgan fingerprint density at radius 2 is 1.79 bits per heavy atom. The average Bonchev–Trinajstić information content (AvgIpc) is 3.29. The van der Waals surface area contributed by atoms with Gasteiger partial charge in [0.1, 0.15) is 0 Å². The SMILES string of the molecule is Cc1cc(C)c2[nH]c(=O)c(CN(Cc3ccccc3)Cc3nnnn3C3CCCCC3)cc2c1. The molecule has 0 spiro atoms. The van der Waals surface area contributed by atoms with Gasteiger partial charge < -0.3 is 4.98 Å². The van der Waals surface area contributed by atoms with Crippen LogP contribution in [0, 0.1) is 13.8 Å². The number of pyridine rings is 1. The first-order valence-electron chi connectivity index (χ1n) is 12.2. The van der Waals surface area contributed by atoms with Gasteiger partial charge in [-0.05, 0) is 65.8 Å². The highest BCUT2D eigenvalue weighted by molar-refractivity contribution is 5.82. The second kappa shape index (κ2) is 9.89. The van der Waals surface area contributed by atoms with E-state index >= 15 is 0 Å². The van der Waals surface area contributed by atoms with Crippen molar-refractivity contribution >= 4 is 10.9 Å². The minimum atomic E-state index is -0.0376. The predicted octanol–water partition coefficient (Wildman–Crippen LogP) is 4.84. The first kappa shape index (κ1) is 22.5. The maximum Gasteiger partial charge on any atom is 0.252 e. The van der Waals surface area contributed by atoms with E-state index in [1.54, 1.807) is 0 Å². The number of rotatable bonds is 7. The van der Waals surface area contributed by atoms with Crippen LogP contribution in [0.5, 0.6) is 0 Å². The lowest BCUT2D eigenvalue weighted by Gasteiger charge is -2.25. The molecule has 7 nitrogen and oxygen atoms in total. The predicted molar refractivity (Wildman–Crippen MR) is 133 cm³/mol. The maximum atomic E-state index is 13.0. The molecule has 34 heavy (non-hydrogen) atoms. The zero-order valence-corrected chi connectivity index (χ0v) is 20.0. The molecule has 1 fully saturated rings. The Kier molecular flexibility index (Phi) is 6.54. The minimum absolute atomic E-state index is 0.0376. The van der Waals surface area contributed by atoms with Crippen LogP contribution in [0.3, 0.4) is 0 Å². The molecule has 1 N–H and O–H groups in total. The second-order valence-corrected chi connectivity index (χ2v) is 9.63. The molecule has 1 saturated carbocycles. The topological polar surface area (TPSA) is 79.7 Å². The number of hydrogen-bond acceptors (Lipinski definition) is 5. The van der Waals surface area contributed by atoms with Crippen molar-refractivity contribution < 1.29 is 0 Å². The molecule has 7 heteroatoms. The molecular weight excluding hydrogens is 424 g/mol. The fraction of sp³-hybridized carbons (Fsp3) is 0.407. The number of aromatic amines is 1. The number of nitrogens with zero attached hydrogens (tertiary/aromatic N) is 5. The Morgan fingerprint density at radius 1 is 1.00 bits per heavy atom. The molecule has 0 saturated heterocycles. The van der Waals surface area contributed by atoms with E-state index in [1.807, 2.05) is 35.9 Å². The van der Waals surface area contributed by atoms with E-state index in [1.165, 1.54) is 30.4 Å². The fourth-order valence-corrected chi connectivity index (χ4v) is 5.23. The highest BCUT2D eigenvalue weighted by Crippen LogP contribution is 2.28. The summed E-state index contributed by atoms with van der Waals surface area (Å²) in [4.78, 5) is 18.4. The number of H-pyrrole nitrogens is 1. The first-order chi connectivity index (χ1) is 16.6. The molecule has 0 atom stereocenters. The van der Waals surface area contributed by atoms with Crippen LogP contribution in [0.2, 0.25) is 0 Å². The van der Waals surface area contributed by atoms with Crippen molar-refractivity contribution in [3.8, 4) is 0 Å². The van der Waals surface area contributed by atoms with Crippen LogP contribution >= 0.6 is 0 Å². The quantitative estimate of drug-likeness (QED) is 0.430. The molecular formula is C27H32N6O. The van der Waals surface area contributed by atoms with Gasteiger partial charge in [-0.25, -0.2) is 4.68 Å². The van der Waals surface area contributed by atoms with Gasteiger partial charge in [0.2, 0.25) is 0 Å². The molecule has 176 valence electrons. The largest absolute Gasteiger partial charge is 0.321 e. The zero-order valence-electron chi connectivity index (χ0n) is 20.0. The van der Waals surface area contributed by atoms with Gasteiger partial charge in [0, 0.05) is 18.7 Å². The summed E-state index contributed by atoms with van der Waals surface area (Å²) in [5.74, 6) is 0.867. The van der Waals surface area contributed by atoms with E-state index in [0.717, 1.165) is 40.7 Å². The smallest absolute Gasteiger partial charge is 0.252 e. The second-order valence-electron chi connectivity index (χ2n) is 9.63. The van der Waals surface area contributed by atoms with Crippen molar-refractivity contribution in [2.75, 3.05) is 0 Å². The summed E-state index contributed by atoms with van der Waals surface area (Å²) in [6, 6.07) is 17.0. The highest BCUT2D eigenvalue weighted by Gasteiger charge is 2.22. The Hall–Kier alpha value is -3.32. The summed E-state index contributed by atoms with van der Waals surface area (Å²) < 4.78 is 2.02. The van der Waals surface area contributed by atoms with Crippen molar-refractivity contribution in [3.63, 3.8) is 0 Å². The van der Waals surface area contributed by atoms with Crippen LogP contribution in [0.25, 0.3) is 10.9 Å². The number of tetrazole rings is 1. The third-order valence-electron chi connectivity index (χ3n) is 6.86. The van der Waals surface area contributed by atoms with Crippen molar-refractivity contribution in [1.82, 2.24) is 30.1 Å². The molecule has 2 aromatic heterocycles. The summed E-state index contributed by atoms with van der Waals surface area (Å²) in [5, 5.41) is 13.8. The Balaban J connectivity index is 1.46. The lowest BCUT2D eigenvalue weighted by molar-refractivity contribution is 0.225. The summed E-state index contributed by atoms with van der Waals surface area (Å²) in [6.45, 7) is 5.94. The summed E-state index contributed by atoms with van der Waals surface area (Å²) >= 11 is 0. The van der Waals surface area contributed by atoms with Gasteiger partial charge >= 0.3 is 0 Å². The summed E-state index contributed by atoms with van der Waals surface area (Å²) in [5.41, 5.74) is 5.11. The molecule has 0 aliphatic heterocycles. The number of fused-ring (bicyclic) bond motifs is 1. The van der Waals surface area contributed by atoms with Gasteiger partial charge in [0.15, 0.2) is 5.82 Å². The molecule has 1 aliphatic carbocycles. The van der Waals surface area contributed by atoms with E-state index in [-0.39, 0.29) is 5.56 Å². The lowest BCUT2D eigenvalue weighted by Crippen LogP contribution is -2.29. The van der Waals surface area contributed by atoms with Gasteiger partial charge in [0.25, 0.3) is 5.56 Å². The summed E-state index contributed by atoms with van der Waals surface area (Å²) in [6.07, 6.45) is 5.99. The van der Waals surface area contributed by atoms with Crippen molar-refractivity contribution in [1.29, 1.82) is 0 Å². The number of benzene rings is 2. The van der Waals surface area contributed by atoms with Crippen molar-refractivity contribution in [3.05, 3.63) is 87.0 Å². The fourth-order valence-electron chi connectivity index (χ4n) is 5.23. The van der Waals surface area contributed by atoms with Gasteiger partial charge in [0.05, 0.1) is 18.1 Å². The standard InChI is InChI=1S/C27H32N6O/c1-19-13-20(2)26-22(14-19)15-23(27(34)28-26)17-32(16-21-9-5-3-6-10-21)18-25-29-30-31-33(25)24-11-7-4-8-12-24/h3,5-6,9-10,13-15,24H,4,7-8,11-12,16-18H2,1-2H3,(H,28,34). The monoisotopic (exact) mass is 456 g/mol. The Bertz CT molecular complexity index is 1320. The summed E-state index contributed by atoms with van der Waals surface area (Å²) in [7, 11) is 0. The lowest BCUT2D eigenvalue weighted by atomic mass is 9.95. The normalized spacial score (nSPS) is 14.8. The maximum absolute atomic E-state index is 13.0. The van der Waals surface area contributed by atoms with Crippen LogP contribution in [-0.4, -0.2) is 30.1 Å². The third kappa shape index (κ3) is 4.94. The van der Waals surface area contributed by atoms with E-state index in [0.29, 0.717) is 25.7 Å². The van der Waals surface area contributed by atoms with E-state index in [2.05, 4.69) is 56.6 Å². The Morgan fingerprint density at radius 3 is 2.59 bits per heavy atom. The molecule has 4 aromatic rings. The molecule has 1 aliphatic rings. The van der Waals surface area contributed by atoms with E-state index in [4.69, 9.17) is 0 Å². The third-order valence-corrected chi connectivity index (χ3v) is 6.86. The highest BCUT2D eigenvalue weighted by atomic mass is 16.1. The zero-order chi connectivity index (χ0) is 23.5. The van der Waals surface area contributed by atoms with Crippen LogP contribution in [0.4, 0.5) is 0 Å². The molecule has 0 unspecified atom stereocenters. The number of aromatic nitrogens is 5. The van der Waals surface area contributed by atoms with E-state index in [9.17, 15) is 4.79 Å². The molecule has 0 bridgehead atoms. The van der Waals surface area contributed by atoms with Crippen molar-refractivity contribution in [2.24, 2.45) is 0 Å². The molecule has 2 heterocycles. The van der Waals surface area contributed by atoms with Gasteiger partial charge in [-0.1, -0.05) is 61.2 Å². The Labute approximate surface area is 199 Å². The van der Waals surface area contributed by atoms with E-state index < -0.39 is 0 Å². The molecule has 5 rings (SSSR count). The van der Waals surface area contributed by atoms with Crippen LogP contribution < -0.4 is 5.56 Å². The molecule has 2 aromatic carbocycles. The number of aryl methyl sites for hydroxylation is 2. The van der Waals surface area contributed by atoms with Crippen LogP contribution in [-0.2, 0) is 19.6 Å². The van der Waals surface area contributed by atoms with Gasteiger partial charge in [-0.15, -0.1) is 5.10 Å². The molecule has 0 amide bonds. The number of hydrogen-bond donors (Lipinski definition) is 1. The van der Waals surface area contributed by atoms with Crippen molar-refractivity contribution in [2.45, 2.75) is 71.6 Å². The number of nitrogens with one attached hydrogen (secondary N) is 1. The first-order valence-corrected chi connectivity index (χ1v) is 12.2. The van der Waals surface area contributed by atoms with Crippen LogP contribution in [0.1, 0.15) is 66.2 Å². The molecule has 0 radical (unpaired) electrons. The average molecular weight is 457 g/mol. The van der Waals surface area contributed by atoms with Gasteiger partial charge in [-0.2, -0.15) is 0 Å².